The third-order valence-electron chi connectivity index (χ3n) is 4.30. The summed E-state index contributed by atoms with van der Waals surface area (Å²) in [6.07, 6.45) is 4.94. The maximum Gasteiger partial charge on any atom is 0.270 e. The number of carbonyl (C=O) groups is 2. The van der Waals surface area contributed by atoms with E-state index in [0.29, 0.717) is 30.3 Å². The Labute approximate surface area is 177 Å². The lowest BCUT2D eigenvalue weighted by Gasteiger charge is -2.26. The van der Waals surface area contributed by atoms with Crippen LogP contribution in [0.4, 0.5) is 0 Å². The van der Waals surface area contributed by atoms with Gasteiger partial charge in [0.1, 0.15) is 17.6 Å². The molecule has 1 heterocycles. The van der Waals surface area contributed by atoms with Crippen LogP contribution in [0.15, 0.2) is 53.4 Å². The molecule has 1 unspecified atom stereocenters. The quantitative estimate of drug-likeness (QED) is 0.449. The van der Waals surface area contributed by atoms with Crippen LogP contribution in [0.5, 0.6) is 11.5 Å². The highest BCUT2D eigenvalue weighted by Gasteiger charge is 2.34. The number of nitrogens with two attached hydrogens (primary N) is 1. The van der Waals surface area contributed by atoms with Crippen LogP contribution in [-0.4, -0.2) is 48.8 Å². The summed E-state index contributed by atoms with van der Waals surface area (Å²) in [7, 11) is 1.72. The molecule has 1 aliphatic heterocycles. The number of aliphatic imine (C=N–C) groups is 1. The van der Waals surface area contributed by atoms with E-state index >= 15 is 0 Å². The van der Waals surface area contributed by atoms with Gasteiger partial charge in [-0.3, -0.25) is 9.59 Å². The number of benzene rings is 1. The van der Waals surface area contributed by atoms with Crippen molar-refractivity contribution >= 4 is 17.6 Å². The summed E-state index contributed by atoms with van der Waals surface area (Å²) in [4.78, 5) is 30.9. The molecular weight excluding hydrogens is 384 g/mol. The Morgan fingerprint density at radius 1 is 1.33 bits per heavy atom. The van der Waals surface area contributed by atoms with Crippen LogP contribution in [0.25, 0.3) is 0 Å². The van der Waals surface area contributed by atoms with E-state index in [0.717, 1.165) is 0 Å². The molecule has 3 N–H and O–H groups in total. The van der Waals surface area contributed by atoms with E-state index in [2.05, 4.69) is 10.3 Å². The summed E-state index contributed by atoms with van der Waals surface area (Å²) in [5.74, 6) is 1.06. The average Bonchev–Trinajstić information content (AvgIpc) is 3.05. The summed E-state index contributed by atoms with van der Waals surface area (Å²) in [6, 6.07) is 6.53. The van der Waals surface area contributed by atoms with Crippen LogP contribution in [0.1, 0.15) is 27.2 Å². The molecule has 0 saturated heterocycles. The highest BCUT2D eigenvalue weighted by Crippen LogP contribution is 2.30. The molecule has 30 heavy (non-hydrogen) atoms. The normalized spacial score (nSPS) is 15.5. The van der Waals surface area contributed by atoms with Crippen LogP contribution < -0.4 is 20.5 Å². The zero-order valence-corrected chi connectivity index (χ0v) is 17.9. The fraction of sp³-hybridized carbons (Fsp3) is 0.409. The van der Waals surface area contributed by atoms with Crippen molar-refractivity contribution in [3.8, 4) is 11.5 Å². The number of rotatable bonds is 10. The molecule has 1 aromatic carbocycles. The summed E-state index contributed by atoms with van der Waals surface area (Å²) in [6.45, 7) is 6.52. The summed E-state index contributed by atoms with van der Waals surface area (Å²) in [5, 5.41) is 2.79. The highest BCUT2D eigenvalue weighted by molar-refractivity contribution is 6.03. The van der Waals surface area contributed by atoms with E-state index in [-0.39, 0.29) is 24.2 Å². The smallest absolute Gasteiger partial charge is 0.270 e. The zero-order valence-electron chi connectivity index (χ0n) is 17.9. The molecule has 8 heteroatoms. The lowest BCUT2D eigenvalue weighted by molar-refractivity contribution is -0.134. The minimum atomic E-state index is -0.724. The van der Waals surface area contributed by atoms with Gasteiger partial charge in [-0.15, -0.1) is 0 Å². The van der Waals surface area contributed by atoms with Crippen molar-refractivity contribution < 1.29 is 19.1 Å². The molecule has 0 spiro atoms. The highest BCUT2D eigenvalue weighted by atomic mass is 16.5. The Kier molecular flexibility index (Phi) is 8.46. The van der Waals surface area contributed by atoms with Gasteiger partial charge in [0, 0.05) is 13.1 Å². The summed E-state index contributed by atoms with van der Waals surface area (Å²) in [5.41, 5.74) is 5.78. The molecule has 0 aliphatic carbocycles. The van der Waals surface area contributed by atoms with Crippen molar-refractivity contribution in [3.63, 3.8) is 0 Å². The van der Waals surface area contributed by atoms with Crippen LogP contribution in [0, 0.1) is 5.92 Å². The molecule has 1 atom stereocenters. The minimum Gasteiger partial charge on any atom is -0.490 e. The summed E-state index contributed by atoms with van der Waals surface area (Å²) >= 11 is 0. The standard InChI is InChI=1S/C22H30N4O4/c1-5-29-18-8-6-7-9-19(18)30-16-13-21(27)26(14-16)17(12-15(2)3)22(28)25-20(23)10-11-24-4/h6-11,13,15,17,24H,5,12,14H2,1-4H3,(H2,23,25,28)/b11-10-. The topological polar surface area (TPSA) is 106 Å². The number of amides is 2. The van der Waals surface area contributed by atoms with Crippen LogP contribution >= 0.6 is 0 Å². The van der Waals surface area contributed by atoms with Gasteiger partial charge in [0.2, 0.25) is 0 Å². The summed E-state index contributed by atoms with van der Waals surface area (Å²) < 4.78 is 11.5. The van der Waals surface area contributed by atoms with Crippen LogP contribution in [0.2, 0.25) is 0 Å². The molecule has 0 saturated carbocycles. The van der Waals surface area contributed by atoms with Gasteiger partial charge in [-0.05, 0) is 43.7 Å². The Morgan fingerprint density at radius 3 is 2.67 bits per heavy atom. The number of hydrogen-bond acceptors (Lipinski definition) is 5. The van der Waals surface area contributed by atoms with E-state index in [1.807, 2.05) is 32.9 Å². The second-order valence-corrected chi connectivity index (χ2v) is 7.20. The van der Waals surface area contributed by atoms with Gasteiger partial charge >= 0.3 is 0 Å². The van der Waals surface area contributed by atoms with E-state index in [1.54, 1.807) is 25.4 Å². The lowest BCUT2D eigenvalue weighted by atomic mass is 10.0. The molecule has 8 nitrogen and oxygen atoms in total. The first-order valence-corrected chi connectivity index (χ1v) is 9.98. The van der Waals surface area contributed by atoms with Crippen molar-refractivity contribution in [3.05, 3.63) is 48.4 Å². The SMILES string of the molecule is CCOc1ccccc1OC1=CC(=O)N(C(CC(C)C)C(=O)N=C(N)/C=C\NC)C1. The molecule has 2 rings (SSSR count). The van der Waals surface area contributed by atoms with E-state index < -0.39 is 11.9 Å². The monoisotopic (exact) mass is 414 g/mol. The van der Waals surface area contributed by atoms with Gasteiger partial charge < -0.3 is 25.4 Å². The lowest BCUT2D eigenvalue weighted by Crippen LogP contribution is -2.43. The molecule has 0 aromatic heterocycles. The van der Waals surface area contributed by atoms with Gasteiger partial charge in [0.15, 0.2) is 11.5 Å². The van der Waals surface area contributed by atoms with Crippen molar-refractivity contribution in [1.29, 1.82) is 0 Å². The van der Waals surface area contributed by atoms with Crippen molar-refractivity contribution in [2.75, 3.05) is 20.2 Å². The van der Waals surface area contributed by atoms with Gasteiger partial charge in [-0.1, -0.05) is 26.0 Å². The third kappa shape index (κ3) is 6.37. The Hall–Kier alpha value is -3.29. The van der Waals surface area contributed by atoms with Crippen molar-refractivity contribution in [2.24, 2.45) is 16.6 Å². The molecule has 162 valence electrons. The first kappa shape index (κ1) is 23.0. The Balaban J connectivity index is 2.18. The number of hydrogen-bond donors (Lipinski definition) is 2. The number of nitrogens with zero attached hydrogens (tertiary/aromatic N) is 2. The largest absolute Gasteiger partial charge is 0.490 e. The number of nitrogens with one attached hydrogen (secondary N) is 1. The molecule has 1 aliphatic rings. The fourth-order valence-electron chi connectivity index (χ4n) is 3.00. The molecule has 0 radical (unpaired) electrons. The molecule has 1 aromatic rings. The van der Waals surface area contributed by atoms with Crippen molar-refractivity contribution in [2.45, 2.75) is 33.2 Å². The fourth-order valence-corrected chi connectivity index (χ4v) is 3.00. The van der Waals surface area contributed by atoms with E-state index in [9.17, 15) is 9.59 Å². The maximum absolute atomic E-state index is 12.8. The van der Waals surface area contributed by atoms with Crippen LogP contribution in [-0.2, 0) is 9.59 Å². The second kappa shape index (κ2) is 11.0. The predicted octanol–water partition coefficient (Wildman–Crippen LogP) is 2.22. The number of ether oxygens (including phenoxy) is 2. The van der Waals surface area contributed by atoms with E-state index in [4.69, 9.17) is 15.2 Å². The molecule has 2 amide bonds. The molecule has 0 fully saturated rings. The van der Waals surface area contributed by atoms with Crippen LogP contribution in [0.3, 0.4) is 0 Å². The second-order valence-electron chi connectivity index (χ2n) is 7.20. The van der Waals surface area contributed by atoms with Gasteiger partial charge in [0.05, 0.1) is 13.2 Å². The maximum atomic E-state index is 12.8. The van der Waals surface area contributed by atoms with Gasteiger partial charge in [-0.25, -0.2) is 0 Å². The third-order valence-corrected chi connectivity index (χ3v) is 4.30. The number of para-hydroxylation sites is 2. The number of amidine groups is 1. The number of carbonyl (C=O) groups excluding carboxylic acids is 2. The molecule has 0 bridgehead atoms. The first-order chi connectivity index (χ1) is 14.3. The van der Waals surface area contributed by atoms with Crippen molar-refractivity contribution in [1.82, 2.24) is 10.2 Å². The first-order valence-electron chi connectivity index (χ1n) is 9.98. The molecular formula is C22H30N4O4. The Morgan fingerprint density at radius 2 is 2.03 bits per heavy atom. The van der Waals surface area contributed by atoms with Gasteiger partial charge in [-0.2, -0.15) is 4.99 Å². The minimum absolute atomic E-state index is 0.0739. The zero-order chi connectivity index (χ0) is 22.1. The van der Waals surface area contributed by atoms with Gasteiger partial charge in [0.25, 0.3) is 11.8 Å². The van der Waals surface area contributed by atoms with E-state index in [1.165, 1.54) is 17.1 Å². The Bertz CT molecular complexity index is 845. The average molecular weight is 415 g/mol. The predicted molar refractivity (Wildman–Crippen MR) is 116 cm³/mol.